The summed E-state index contributed by atoms with van der Waals surface area (Å²) in [5.41, 5.74) is 6.95. The quantitative estimate of drug-likeness (QED) is 0.123. The van der Waals surface area contributed by atoms with Gasteiger partial charge in [0.15, 0.2) is 10.3 Å². The number of hydrogen-bond acceptors (Lipinski definition) is 6. The number of nitrogens with zero attached hydrogens (tertiary/aromatic N) is 2. The highest BCUT2D eigenvalue weighted by Crippen LogP contribution is 2.34. The van der Waals surface area contributed by atoms with E-state index in [9.17, 15) is 9.59 Å². The van der Waals surface area contributed by atoms with Crippen LogP contribution in [0.5, 0.6) is 0 Å². The van der Waals surface area contributed by atoms with Crippen LogP contribution in [0.3, 0.4) is 0 Å². The maximum atomic E-state index is 13.6. The number of carbonyl (C=O) groups is 2. The fourth-order valence-electron chi connectivity index (χ4n) is 4.96. The number of hydrogen-bond donors (Lipinski definition) is 2. The number of thioether (sulfide) groups is 2. The van der Waals surface area contributed by atoms with Crippen molar-refractivity contribution < 1.29 is 9.59 Å². The first-order valence-electron chi connectivity index (χ1n) is 15.4. The molecular weight excluding hydrogens is 711 g/mol. The van der Waals surface area contributed by atoms with Crippen LogP contribution in [0.1, 0.15) is 109 Å². The van der Waals surface area contributed by atoms with Gasteiger partial charge in [-0.1, -0.05) is 114 Å². The molecule has 9 heteroatoms. The molecule has 3 rings (SSSR count). The lowest BCUT2D eigenvalue weighted by atomic mass is 9.94. The molecule has 2 N–H and O–H groups in total. The van der Waals surface area contributed by atoms with Crippen LogP contribution in [0.15, 0.2) is 70.6 Å². The summed E-state index contributed by atoms with van der Waals surface area (Å²) in [4.78, 5) is 37.1. The topological polar surface area (TPSA) is 82.9 Å². The van der Waals surface area contributed by atoms with Crippen molar-refractivity contribution in [1.82, 2.24) is 10.6 Å². The van der Waals surface area contributed by atoms with Gasteiger partial charge in [-0.05, 0) is 84.4 Å². The van der Waals surface area contributed by atoms with Crippen LogP contribution in [0, 0.1) is 0 Å². The SMILES string of the molecule is CCc1cccc(C(C)CC)c1N=C(NC(=O)c1ccccc1C(=O)NC(=Nc1c(CC)cccc1C(C)CC)SC)SC.I. The molecule has 0 spiro atoms. The molecule has 0 saturated heterocycles. The average Bonchev–Trinajstić information content (AvgIpc) is 3.06. The largest absolute Gasteiger partial charge is 0.301 e. The molecule has 45 heavy (non-hydrogen) atoms. The van der Waals surface area contributed by atoms with E-state index in [4.69, 9.17) is 9.98 Å². The number of nitrogens with one attached hydrogen (secondary N) is 2. The van der Waals surface area contributed by atoms with Gasteiger partial charge in [-0.3, -0.25) is 9.59 Å². The van der Waals surface area contributed by atoms with Crippen LogP contribution >= 0.6 is 47.5 Å². The number of carbonyl (C=O) groups excluding carboxylic acids is 2. The van der Waals surface area contributed by atoms with Crippen molar-refractivity contribution in [2.24, 2.45) is 9.98 Å². The van der Waals surface area contributed by atoms with Gasteiger partial charge in [-0.2, -0.15) is 0 Å². The zero-order valence-electron chi connectivity index (χ0n) is 27.7. The molecule has 2 amide bonds. The second-order valence-electron chi connectivity index (χ2n) is 10.7. The lowest BCUT2D eigenvalue weighted by molar-refractivity contribution is 0.0944. The summed E-state index contributed by atoms with van der Waals surface area (Å²) in [6, 6.07) is 19.4. The summed E-state index contributed by atoms with van der Waals surface area (Å²) in [6.07, 6.45) is 7.43. The average molecular weight is 759 g/mol. The van der Waals surface area contributed by atoms with E-state index in [-0.39, 0.29) is 46.9 Å². The summed E-state index contributed by atoms with van der Waals surface area (Å²) in [7, 11) is 0. The smallest absolute Gasteiger partial charge is 0.258 e. The normalized spacial score (nSPS) is 13.1. The van der Waals surface area contributed by atoms with Gasteiger partial charge in [0.2, 0.25) is 0 Å². The van der Waals surface area contributed by atoms with Crippen LogP contribution in [0.25, 0.3) is 0 Å². The minimum Gasteiger partial charge on any atom is -0.301 e. The summed E-state index contributed by atoms with van der Waals surface area (Å²) in [5.74, 6) is -0.107. The van der Waals surface area contributed by atoms with E-state index < -0.39 is 0 Å². The molecule has 3 aromatic carbocycles. The maximum Gasteiger partial charge on any atom is 0.258 e. The molecule has 0 fully saturated rings. The summed E-state index contributed by atoms with van der Waals surface area (Å²) in [5, 5.41) is 6.90. The zero-order chi connectivity index (χ0) is 32.2. The van der Waals surface area contributed by atoms with E-state index in [2.05, 4.69) is 88.6 Å². The third kappa shape index (κ3) is 9.93. The number of benzene rings is 3. The van der Waals surface area contributed by atoms with Crippen LogP contribution in [0.4, 0.5) is 11.4 Å². The zero-order valence-corrected chi connectivity index (χ0v) is 31.7. The molecular formula is C36H47IN4O2S2. The Hall–Kier alpha value is -2.63. The second-order valence-corrected chi connectivity index (χ2v) is 12.3. The van der Waals surface area contributed by atoms with Gasteiger partial charge in [0.1, 0.15) is 0 Å². The van der Waals surface area contributed by atoms with Crippen LogP contribution in [0.2, 0.25) is 0 Å². The van der Waals surface area contributed by atoms with Crippen molar-refractivity contribution in [3.8, 4) is 0 Å². The Kier molecular flexibility index (Phi) is 16.4. The number of rotatable bonds is 10. The van der Waals surface area contributed by atoms with Gasteiger partial charge in [-0.15, -0.1) is 24.0 Å². The highest BCUT2D eigenvalue weighted by atomic mass is 127. The van der Waals surface area contributed by atoms with Gasteiger partial charge < -0.3 is 10.6 Å². The lowest BCUT2D eigenvalue weighted by Gasteiger charge is -2.17. The van der Waals surface area contributed by atoms with Crippen molar-refractivity contribution in [1.29, 1.82) is 0 Å². The highest BCUT2D eigenvalue weighted by molar-refractivity contribution is 14.0. The van der Waals surface area contributed by atoms with E-state index in [1.54, 1.807) is 24.3 Å². The Labute approximate surface area is 295 Å². The fourth-order valence-corrected chi connectivity index (χ4v) is 5.72. The highest BCUT2D eigenvalue weighted by Gasteiger charge is 2.21. The Morgan fingerprint density at radius 2 is 1.02 bits per heavy atom. The van der Waals surface area contributed by atoms with E-state index >= 15 is 0 Å². The van der Waals surface area contributed by atoms with E-state index in [0.29, 0.717) is 22.2 Å². The molecule has 6 nitrogen and oxygen atoms in total. The summed E-state index contributed by atoms with van der Waals surface area (Å²) in [6.45, 7) is 12.9. The van der Waals surface area contributed by atoms with Crippen molar-refractivity contribution in [2.45, 2.75) is 79.1 Å². The van der Waals surface area contributed by atoms with Gasteiger partial charge in [-0.25, -0.2) is 9.98 Å². The van der Waals surface area contributed by atoms with E-state index in [0.717, 1.165) is 59.3 Å². The lowest BCUT2D eigenvalue weighted by Crippen LogP contribution is -2.33. The fraction of sp³-hybridized carbons (Fsp3) is 0.389. The molecule has 0 heterocycles. The first-order chi connectivity index (χ1) is 21.2. The van der Waals surface area contributed by atoms with Crippen LogP contribution in [-0.4, -0.2) is 34.7 Å². The molecule has 2 unspecified atom stereocenters. The first kappa shape index (κ1) is 38.6. The van der Waals surface area contributed by atoms with E-state index in [1.807, 2.05) is 12.5 Å². The molecule has 242 valence electrons. The maximum absolute atomic E-state index is 13.6. The van der Waals surface area contributed by atoms with Gasteiger partial charge >= 0.3 is 0 Å². The Morgan fingerprint density at radius 1 is 0.644 bits per heavy atom. The number of aryl methyl sites for hydroxylation is 2. The summed E-state index contributed by atoms with van der Waals surface area (Å²) >= 11 is 2.74. The molecule has 0 aliphatic rings. The number of para-hydroxylation sites is 2. The molecule has 0 aliphatic carbocycles. The molecule has 0 aromatic heterocycles. The molecule has 0 bridgehead atoms. The monoisotopic (exact) mass is 758 g/mol. The Morgan fingerprint density at radius 3 is 1.33 bits per heavy atom. The molecule has 0 aliphatic heterocycles. The second kappa shape index (κ2) is 19.1. The number of halogens is 1. The molecule has 2 atom stereocenters. The van der Waals surface area contributed by atoms with Crippen molar-refractivity contribution in [3.05, 3.63) is 94.0 Å². The minimum atomic E-state index is -0.388. The van der Waals surface area contributed by atoms with Crippen molar-refractivity contribution >= 4 is 81.0 Å². The van der Waals surface area contributed by atoms with Gasteiger partial charge in [0.05, 0.1) is 22.5 Å². The molecule has 0 radical (unpaired) electrons. The standard InChI is InChI=1S/C36H46N4O2S2.HI/c1-9-23(5)27-21-15-17-25(11-3)31(27)37-35(43-7)39-33(41)29-19-13-14-20-30(29)34(42)40-36(44-8)38-32-26(12-4)18-16-22-28(32)24(6)10-2;/h13-24H,9-12H2,1-8H3,(H,37,39,41)(H,38,40,42);1H. The molecule has 3 aromatic rings. The van der Waals surface area contributed by atoms with Crippen LogP contribution in [-0.2, 0) is 12.8 Å². The van der Waals surface area contributed by atoms with Gasteiger partial charge in [0.25, 0.3) is 11.8 Å². The Balaban J connectivity index is 0.00000705. The first-order valence-corrected chi connectivity index (χ1v) is 17.9. The van der Waals surface area contributed by atoms with Gasteiger partial charge in [0, 0.05) is 0 Å². The van der Waals surface area contributed by atoms with Crippen molar-refractivity contribution in [2.75, 3.05) is 12.5 Å². The van der Waals surface area contributed by atoms with Crippen molar-refractivity contribution in [3.63, 3.8) is 0 Å². The predicted octanol–water partition coefficient (Wildman–Crippen LogP) is 10.0. The third-order valence-electron chi connectivity index (χ3n) is 8.02. The summed E-state index contributed by atoms with van der Waals surface area (Å²) < 4.78 is 0. The van der Waals surface area contributed by atoms with E-state index in [1.165, 1.54) is 23.5 Å². The third-order valence-corrected chi connectivity index (χ3v) is 9.18. The molecule has 0 saturated carbocycles. The number of aliphatic imine (C=N–C) groups is 2. The van der Waals surface area contributed by atoms with Crippen LogP contribution < -0.4 is 10.6 Å². The number of amidine groups is 2. The number of amides is 2. The minimum absolute atomic E-state index is 0. The predicted molar refractivity (Wildman–Crippen MR) is 207 cm³/mol. The Bertz CT molecular complexity index is 1410.